The van der Waals surface area contributed by atoms with Gasteiger partial charge < -0.3 is 20.1 Å². The summed E-state index contributed by atoms with van der Waals surface area (Å²) >= 11 is 0. The van der Waals surface area contributed by atoms with Crippen molar-refractivity contribution >= 4 is 11.7 Å². The number of para-hydroxylation sites is 1. The van der Waals surface area contributed by atoms with Crippen molar-refractivity contribution < 1.29 is 14.3 Å². The van der Waals surface area contributed by atoms with Gasteiger partial charge in [0.25, 0.3) is 0 Å². The van der Waals surface area contributed by atoms with Crippen LogP contribution in [0.1, 0.15) is 38.8 Å². The van der Waals surface area contributed by atoms with Gasteiger partial charge in [0.2, 0.25) is 0 Å². The van der Waals surface area contributed by atoms with Gasteiger partial charge in [-0.1, -0.05) is 32.0 Å². The number of hydrogen-bond acceptors (Lipinski definition) is 3. The van der Waals surface area contributed by atoms with Gasteiger partial charge in [-0.25, -0.2) is 4.79 Å². The summed E-state index contributed by atoms with van der Waals surface area (Å²) < 4.78 is 10.8. The fourth-order valence-electron chi connectivity index (χ4n) is 2.27. The molecule has 124 valence electrons. The zero-order chi connectivity index (χ0) is 16.4. The SMILES string of the molecule is CCOC(CNC(=O)Nc1c(CC)cccc1CC)OCC. The van der Waals surface area contributed by atoms with Gasteiger partial charge in [-0.3, -0.25) is 0 Å². The molecule has 0 fully saturated rings. The zero-order valence-corrected chi connectivity index (χ0v) is 14.1. The summed E-state index contributed by atoms with van der Waals surface area (Å²) in [6.45, 7) is 9.38. The van der Waals surface area contributed by atoms with E-state index in [2.05, 4.69) is 24.5 Å². The van der Waals surface area contributed by atoms with Crippen LogP contribution in [0.25, 0.3) is 0 Å². The number of rotatable bonds is 9. The van der Waals surface area contributed by atoms with Gasteiger partial charge in [0, 0.05) is 18.9 Å². The first-order valence-electron chi connectivity index (χ1n) is 8.04. The Hall–Kier alpha value is -1.59. The van der Waals surface area contributed by atoms with E-state index in [9.17, 15) is 4.79 Å². The minimum absolute atomic E-state index is 0.236. The van der Waals surface area contributed by atoms with E-state index in [1.165, 1.54) is 0 Å². The smallest absolute Gasteiger partial charge is 0.319 e. The van der Waals surface area contributed by atoms with Crippen LogP contribution in [0, 0.1) is 0 Å². The molecular formula is C17H28N2O3. The van der Waals surface area contributed by atoms with E-state index < -0.39 is 6.29 Å². The Morgan fingerprint density at radius 1 is 1.05 bits per heavy atom. The standard InChI is InChI=1S/C17H28N2O3/c1-5-13-10-9-11-14(6-2)16(13)19-17(20)18-12-15(21-7-3)22-8-4/h9-11,15H,5-8,12H2,1-4H3,(H2,18,19,20). The van der Waals surface area contributed by atoms with Crippen LogP contribution in [0.2, 0.25) is 0 Å². The number of ether oxygens (including phenoxy) is 2. The van der Waals surface area contributed by atoms with E-state index in [-0.39, 0.29) is 6.03 Å². The average molecular weight is 308 g/mol. The van der Waals surface area contributed by atoms with Gasteiger partial charge in [-0.15, -0.1) is 0 Å². The molecule has 1 aromatic carbocycles. The van der Waals surface area contributed by atoms with Gasteiger partial charge in [-0.2, -0.15) is 0 Å². The Bertz CT molecular complexity index is 435. The van der Waals surface area contributed by atoms with Crippen LogP contribution >= 0.6 is 0 Å². The molecule has 0 atom stereocenters. The second-order valence-electron chi connectivity index (χ2n) is 4.83. The molecule has 0 heterocycles. The monoisotopic (exact) mass is 308 g/mol. The summed E-state index contributed by atoms with van der Waals surface area (Å²) in [6.07, 6.45) is 1.35. The molecule has 0 saturated carbocycles. The summed E-state index contributed by atoms with van der Waals surface area (Å²) in [7, 11) is 0. The van der Waals surface area contributed by atoms with E-state index in [0.29, 0.717) is 19.8 Å². The van der Waals surface area contributed by atoms with Crippen molar-refractivity contribution in [3.8, 4) is 0 Å². The molecule has 0 radical (unpaired) electrons. The third kappa shape index (κ3) is 5.66. The number of hydrogen-bond donors (Lipinski definition) is 2. The van der Waals surface area contributed by atoms with E-state index in [1.54, 1.807) is 0 Å². The molecule has 0 aliphatic rings. The van der Waals surface area contributed by atoms with Crippen LogP contribution < -0.4 is 10.6 Å². The molecule has 0 bridgehead atoms. The molecule has 2 amide bonds. The maximum Gasteiger partial charge on any atom is 0.319 e. The number of aryl methyl sites for hydroxylation is 2. The third-order valence-electron chi connectivity index (χ3n) is 3.37. The molecule has 5 heteroatoms. The lowest BCUT2D eigenvalue weighted by atomic mass is 10.0. The van der Waals surface area contributed by atoms with E-state index in [1.807, 2.05) is 32.0 Å². The van der Waals surface area contributed by atoms with Gasteiger partial charge in [0.05, 0.1) is 6.54 Å². The molecule has 0 spiro atoms. The number of benzene rings is 1. The molecule has 0 aromatic heterocycles. The van der Waals surface area contributed by atoms with Crippen LogP contribution in [0.3, 0.4) is 0 Å². The second kappa shape index (κ2) is 10.2. The lowest BCUT2D eigenvalue weighted by Gasteiger charge is -2.19. The van der Waals surface area contributed by atoms with Crippen molar-refractivity contribution in [2.24, 2.45) is 0 Å². The highest BCUT2D eigenvalue weighted by atomic mass is 16.7. The second-order valence-corrected chi connectivity index (χ2v) is 4.83. The number of carbonyl (C=O) groups excluding carboxylic acids is 1. The average Bonchev–Trinajstić information content (AvgIpc) is 2.53. The fraction of sp³-hybridized carbons (Fsp3) is 0.588. The Balaban J connectivity index is 2.65. The molecular weight excluding hydrogens is 280 g/mol. The Labute approximate surface area is 133 Å². The normalized spacial score (nSPS) is 10.8. The highest BCUT2D eigenvalue weighted by Gasteiger charge is 2.12. The van der Waals surface area contributed by atoms with Crippen LogP contribution in [-0.2, 0) is 22.3 Å². The molecule has 1 aromatic rings. The summed E-state index contributed by atoms with van der Waals surface area (Å²) in [6, 6.07) is 5.87. The minimum atomic E-state index is -0.409. The quantitative estimate of drug-likeness (QED) is 0.688. The molecule has 0 saturated heterocycles. The first kappa shape index (κ1) is 18.5. The number of amides is 2. The molecule has 0 unspecified atom stereocenters. The molecule has 5 nitrogen and oxygen atoms in total. The van der Waals surface area contributed by atoms with Gasteiger partial charge >= 0.3 is 6.03 Å². The Morgan fingerprint density at radius 3 is 2.05 bits per heavy atom. The predicted octanol–water partition coefficient (Wildman–Crippen LogP) is 3.33. The maximum absolute atomic E-state index is 12.1. The van der Waals surface area contributed by atoms with Crippen LogP contribution in [0.5, 0.6) is 0 Å². The van der Waals surface area contributed by atoms with Crippen LogP contribution in [0.15, 0.2) is 18.2 Å². The lowest BCUT2D eigenvalue weighted by Crippen LogP contribution is -2.38. The number of anilines is 1. The lowest BCUT2D eigenvalue weighted by molar-refractivity contribution is -0.131. The summed E-state index contributed by atoms with van der Waals surface area (Å²) in [5.74, 6) is 0. The molecule has 2 N–H and O–H groups in total. The predicted molar refractivity (Wildman–Crippen MR) is 89.3 cm³/mol. The van der Waals surface area contributed by atoms with Crippen LogP contribution in [-0.4, -0.2) is 32.1 Å². The summed E-state index contributed by atoms with van der Waals surface area (Å²) in [5.41, 5.74) is 3.19. The number of carbonyl (C=O) groups is 1. The Morgan fingerprint density at radius 2 is 1.59 bits per heavy atom. The van der Waals surface area contributed by atoms with Crippen LogP contribution in [0.4, 0.5) is 10.5 Å². The number of nitrogens with one attached hydrogen (secondary N) is 2. The summed E-state index contributed by atoms with van der Waals surface area (Å²) in [5, 5.41) is 5.76. The van der Waals surface area contributed by atoms with Crippen molar-refractivity contribution in [1.82, 2.24) is 5.32 Å². The molecule has 0 aliphatic heterocycles. The van der Waals surface area contributed by atoms with Crippen molar-refractivity contribution in [2.45, 2.75) is 46.8 Å². The zero-order valence-electron chi connectivity index (χ0n) is 14.1. The fourth-order valence-corrected chi connectivity index (χ4v) is 2.27. The summed E-state index contributed by atoms with van der Waals surface area (Å²) in [4.78, 5) is 12.1. The molecule has 0 aliphatic carbocycles. The van der Waals surface area contributed by atoms with Crippen molar-refractivity contribution in [1.29, 1.82) is 0 Å². The highest BCUT2D eigenvalue weighted by molar-refractivity contribution is 5.91. The van der Waals surface area contributed by atoms with E-state index in [0.717, 1.165) is 29.7 Å². The largest absolute Gasteiger partial charge is 0.351 e. The first-order valence-corrected chi connectivity index (χ1v) is 8.04. The number of urea groups is 1. The highest BCUT2D eigenvalue weighted by Crippen LogP contribution is 2.22. The Kier molecular flexibility index (Phi) is 8.55. The maximum atomic E-state index is 12.1. The van der Waals surface area contributed by atoms with Crippen molar-refractivity contribution in [3.63, 3.8) is 0 Å². The first-order chi connectivity index (χ1) is 10.7. The topological polar surface area (TPSA) is 59.6 Å². The van der Waals surface area contributed by atoms with Crippen molar-refractivity contribution in [2.75, 3.05) is 25.1 Å². The van der Waals surface area contributed by atoms with Gasteiger partial charge in [0.15, 0.2) is 6.29 Å². The third-order valence-corrected chi connectivity index (χ3v) is 3.37. The molecule has 1 rings (SSSR count). The minimum Gasteiger partial charge on any atom is -0.351 e. The van der Waals surface area contributed by atoms with Gasteiger partial charge in [-0.05, 0) is 37.8 Å². The molecule has 22 heavy (non-hydrogen) atoms. The van der Waals surface area contributed by atoms with Gasteiger partial charge in [0.1, 0.15) is 0 Å². The van der Waals surface area contributed by atoms with Crippen molar-refractivity contribution in [3.05, 3.63) is 29.3 Å². The van der Waals surface area contributed by atoms with E-state index in [4.69, 9.17) is 9.47 Å². The van der Waals surface area contributed by atoms with E-state index >= 15 is 0 Å².